The van der Waals surface area contributed by atoms with Crippen LogP contribution in [0.1, 0.15) is 43.7 Å². The predicted octanol–water partition coefficient (Wildman–Crippen LogP) is 4.05. The maximum Gasteiger partial charge on any atom is 0.00127 e. The Morgan fingerprint density at radius 2 is 1.72 bits per heavy atom. The molecule has 1 fully saturated rings. The molecule has 0 amide bonds. The van der Waals surface area contributed by atoms with Crippen LogP contribution in [0, 0.1) is 12.8 Å². The van der Waals surface area contributed by atoms with Crippen molar-refractivity contribution < 1.29 is 0 Å². The highest BCUT2D eigenvalue weighted by Gasteiger charge is 2.15. The third-order valence-corrected chi connectivity index (χ3v) is 4.19. The van der Waals surface area contributed by atoms with Crippen LogP contribution in [0.25, 0.3) is 0 Å². The molecule has 1 heterocycles. The molecule has 1 aromatic carbocycles. The molecule has 0 bridgehead atoms. The van der Waals surface area contributed by atoms with Gasteiger partial charge >= 0.3 is 0 Å². The van der Waals surface area contributed by atoms with Crippen LogP contribution in [0.4, 0.5) is 0 Å². The highest BCUT2D eigenvalue weighted by molar-refractivity contribution is 5.21. The van der Waals surface area contributed by atoms with Crippen molar-refractivity contribution in [2.45, 2.75) is 46.0 Å². The summed E-state index contributed by atoms with van der Waals surface area (Å²) in [7, 11) is 0. The van der Waals surface area contributed by atoms with Crippen LogP contribution >= 0.6 is 0 Å². The standard InChI is InChI=1S/C17H27N/c1-3-16(14-18-11-5-4-6-12-18)13-17-9-7-15(2)8-10-17/h7-10,16H,3-6,11-14H2,1-2H3. The average Bonchev–Trinajstić information content (AvgIpc) is 2.41. The van der Waals surface area contributed by atoms with Crippen LogP contribution in [0.3, 0.4) is 0 Å². The van der Waals surface area contributed by atoms with Gasteiger partial charge in [0, 0.05) is 6.54 Å². The minimum Gasteiger partial charge on any atom is -0.303 e. The van der Waals surface area contributed by atoms with Gasteiger partial charge in [-0.25, -0.2) is 0 Å². The summed E-state index contributed by atoms with van der Waals surface area (Å²) in [5.74, 6) is 0.825. The number of likely N-dealkylation sites (tertiary alicyclic amines) is 1. The highest BCUT2D eigenvalue weighted by Crippen LogP contribution is 2.17. The first-order valence-electron chi connectivity index (χ1n) is 7.56. The number of nitrogens with zero attached hydrogens (tertiary/aromatic N) is 1. The smallest absolute Gasteiger partial charge is 0.00127 e. The van der Waals surface area contributed by atoms with Crippen molar-refractivity contribution in [1.82, 2.24) is 4.90 Å². The van der Waals surface area contributed by atoms with Crippen molar-refractivity contribution in [3.63, 3.8) is 0 Å². The molecule has 1 nitrogen and oxygen atoms in total. The Morgan fingerprint density at radius 1 is 1.06 bits per heavy atom. The monoisotopic (exact) mass is 245 g/mol. The SMILES string of the molecule is CCC(Cc1ccc(C)cc1)CN1CCCCC1. The van der Waals surface area contributed by atoms with Gasteiger partial charge in [-0.1, -0.05) is 49.6 Å². The highest BCUT2D eigenvalue weighted by atomic mass is 15.1. The zero-order chi connectivity index (χ0) is 12.8. The van der Waals surface area contributed by atoms with Gasteiger partial charge in [0.15, 0.2) is 0 Å². The second-order valence-corrected chi connectivity index (χ2v) is 5.83. The van der Waals surface area contributed by atoms with Crippen LogP contribution in [0.2, 0.25) is 0 Å². The van der Waals surface area contributed by atoms with E-state index < -0.39 is 0 Å². The van der Waals surface area contributed by atoms with Crippen molar-refractivity contribution >= 4 is 0 Å². The summed E-state index contributed by atoms with van der Waals surface area (Å²) in [6, 6.07) is 9.08. The molecule has 1 aliphatic heterocycles. The third-order valence-electron chi connectivity index (χ3n) is 4.19. The van der Waals surface area contributed by atoms with Crippen molar-refractivity contribution in [2.24, 2.45) is 5.92 Å². The zero-order valence-corrected chi connectivity index (χ0v) is 12.0. The Balaban J connectivity index is 1.86. The number of hydrogen-bond donors (Lipinski definition) is 0. The lowest BCUT2D eigenvalue weighted by atomic mass is 9.95. The Hall–Kier alpha value is -0.820. The molecule has 18 heavy (non-hydrogen) atoms. The van der Waals surface area contributed by atoms with Crippen molar-refractivity contribution in [3.05, 3.63) is 35.4 Å². The molecule has 0 radical (unpaired) electrons. The first-order chi connectivity index (χ1) is 8.78. The summed E-state index contributed by atoms with van der Waals surface area (Å²) in [5, 5.41) is 0. The van der Waals surface area contributed by atoms with Gasteiger partial charge in [0.1, 0.15) is 0 Å². The van der Waals surface area contributed by atoms with Gasteiger partial charge in [0.05, 0.1) is 0 Å². The zero-order valence-electron chi connectivity index (χ0n) is 12.0. The predicted molar refractivity (Wildman–Crippen MR) is 79.0 cm³/mol. The summed E-state index contributed by atoms with van der Waals surface area (Å²) in [5.41, 5.74) is 2.87. The lowest BCUT2D eigenvalue weighted by molar-refractivity contribution is 0.192. The molecule has 0 N–H and O–H groups in total. The van der Waals surface area contributed by atoms with Gasteiger partial charge in [-0.3, -0.25) is 0 Å². The molecule has 1 heteroatoms. The lowest BCUT2D eigenvalue weighted by Gasteiger charge is -2.30. The number of piperidine rings is 1. The van der Waals surface area contributed by atoms with E-state index in [2.05, 4.69) is 43.0 Å². The molecule has 1 atom stereocenters. The van der Waals surface area contributed by atoms with E-state index in [1.165, 1.54) is 62.9 Å². The van der Waals surface area contributed by atoms with Gasteiger partial charge < -0.3 is 4.90 Å². The fraction of sp³-hybridized carbons (Fsp3) is 0.647. The number of benzene rings is 1. The van der Waals surface area contributed by atoms with E-state index in [0.29, 0.717) is 0 Å². The van der Waals surface area contributed by atoms with Crippen LogP contribution in [0.5, 0.6) is 0 Å². The molecule has 1 aliphatic rings. The molecule has 0 spiro atoms. The van der Waals surface area contributed by atoms with Crippen LogP contribution in [0.15, 0.2) is 24.3 Å². The molecule has 0 saturated carbocycles. The van der Waals surface area contributed by atoms with E-state index in [9.17, 15) is 0 Å². The van der Waals surface area contributed by atoms with Gasteiger partial charge in [0.2, 0.25) is 0 Å². The molecule has 100 valence electrons. The van der Waals surface area contributed by atoms with E-state index in [0.717, 1.165) is 5.92 Å². The molecule has 0 aliphatic carbocycles. The fourth-order valence-corrected chi connectivity index (χ4v) is 2.90. The van der Waals surface area contributed by atoms with E-state index in [1.807, 2.05) is 0 Å². The van der Waals surface area contributed by atoms with Crippen LogP contribution in [-0.4, -0.2) is 24.5 Å². The fourth-order valence-electron chi connectivity index (χ4n) is 2.90. The maximum atomic E-state index is 2.67. The summed E-state index contributed by atoms with van der Waals surface area (Å²) >= 11 is 0. The topological polar surface area (TPSA) is 3.24 Å². The molecule has 1 unspecified atom stereocenters. The lowest BCUT2D eigenvalue weighted by Crippen LogP contribution is -2.34. The second-order valence-electron chi connectivity index (χ2n) is 5.83. The van der Waals surface area contributed by atoms with E-state index in [-0.39, 0.29) is 0 Å². The molecule has 1 aromatic rings. The van der Waals surface area contributed by atoms with Crippen LogP contribution < -0.4 is 0 Å². The third kappa shape index (κ3) is 4.13. The maximum absolute atomic E-state index is 2.67. The van der Waals surface area contributed by atoms with Crippen molar-refractivity contribution in [1.29, 1.82) is 0 Å². The molecular formula is C17H27N. The minimum atomic E-state index is 0.825. The normalized spacial score (nSPS) is 18.8. The van der Waals surface area contributed by atoms with Crippen molar-refractivity contribution in [3.8, 4) is 0 Å². The first-order valence-corrected chi connectivity index (χ1v) is 7.56. The number of hydrogen-bond acceptors (Lipinski definition) is 1. The van der Waals surface area contributed by atoms with Crippen LogP contribution in [-0.2, 0) is 6.42 Å². The quantitative estimate of drug-likeness (QED) is 0.756. The van der Waals surface area contributed by atoms with Gasteiger partial charge in [0.25, 0.3) is 0 Å². The van der Waals surface area contributed by atoms with Gasteiger partial charge in [-0.2, -0.15) is 0 Å². The minimum absolute atomic E-state index is 0.825. The summed E-state index contributed by atoms with van der Waals surface area (Å²) in [4.78, 5) is 2.67. The largest absolute Gasteiger partial charge is 0.303 e. The Bertz CT molecular complexity index is 335. The van der Waals surface area contributed by atoms with E-state index in [4.69, 9.17) is 0 Å². The molecule has 2 rings (SSSR count). The summed E-state index contributed by atoms with van der Waals surface area (Å²) in [6.07, 6.45) is 6.78. The Morgan fingerprint density at radius 3 is 2.33 bits per heavy atom. The first kappa shape index (κ1) is 13.6. The van der Waals surface area contributed by atoms with Gasteiger partial charge in [-0.05, 0) is 50.8 Å². The molecule has 0 aromatic heterocycles. The van der Waals surface area contributed by atoms with Gasteiger partial charge in [-0.15, -0.1) is 0 Å². The van der Waals surface area contributed by atoms with E-state index in [1.54, 1.807) is 0 Å². The number of aryl methyl sites for hydroxylation is 1. The van der Waals surface area contributed by atoms with Crippen molar-refractivity contribution in [2.75, 3.05) is 19.6 Å². The average molecular weight is 245 g/mol. The molecule has 1 saturated heterocycles. The Kier molecular flexibility index (Phi) is 5.25. The second kappa shape index (κ2) is 6.94. The number of rotatable bonds is 5. The summed E-state index contributed by atoms with van der Waals surface area (Å²) in [6.45, 7) is 8.44. The molecular weight excluding hydrogens is 218 g/mol. The summed E-state index contributed by atoms with van der Waals surface area (Å²) < 4.78 is 0. The Labute approximate surface area is 112 Å². The van der Waals surface area contributed by atoms with E-state index >= 15 is 0 Å².